The third kappa shape index (κ3) is 3.01. The second kappa shape index (κ2) is 6.17. The zero-order chi connectivity index (χ0) is 15.4. The van der Waals surface area contributed by atoms with Crippen LogP contribution in [0.4, 0.5) is 0 Å². The highest BCUT2D eigenvalue weighted by Crippen LogP contribution is 2.14. The molecule has 1 aromatic carbocycles. The van der Waals surface area contributed by atoms with Gasteiger partial charge in [0.25, 0.3) is 11.8 Å². The van der Waals surface area contributed by atoms with Gasteiger partial charge in [-0.1, -0.05) is 24.3 Å². The van der Waals surface area contributed by atoms with Gasteiger partial charge in [0, 0.05) is 11.8 Å². The Labute approximate surface area is 127 Å². The van der Waals surface area contributed by atoms with Gasteiger partial charge in [-0.2, -0.15) is 0 Å². The summed E-state index contributed by atoms with van der Waals surface area (Å²) in [6, 6.07) is 12.8. The van der Waals surface area contributed by atoms with Crippen LogP contribution in [-0.2, 0) is 6.54 Å². The van der Waals surface area contributed by atoms with Crippen LogP contribution in [0.1, 0.15) is 21.8 Å². The summed E-state index contributed by atoms with van der Waals surface area (Å²) >= 11 is 0. The lowest BCUT2D eigenvalue weighted by Gasteiger charge is -2.05. The number of carbonyl (C=O) groups excluding carboxylic acids is 1. The Bertz CT molecular complexity index is 784. The number of amides is 1. The Hall–Kier alpha value is -3.02. The van der Waals surface area contributed by atoms with E-state index in [1.165, 1.54) is 0 Å². The first-order valence-corrected chi connectivity index (χ1v) is 6.81. The standard InChI is InChI=1S/C16H14N4O2/c1-11-6-2-3-7-12(11)15(21)18-10-14-19-20-16(22-14)13-8-4-5-9-17-13/h2-9H,10H2,1H3,(H,18,21). The molecule has 1 amide bonds. The van der Waals surface area contributed by atoms with Crippen LogP contribution in [0.3, 0.4) is 0 Å². The molecule has 0 aliphatic rings. The molecule has 0 atom stereocenters. The highest BCUT2D eigenvalue weighted by molar-refractivity contribution is 5.95. The molecule has 0 unspecified atom stereocenters. The zero-order valence-corrected chi connectivity index (χ0v) is 12.0. The van der Waals surface area contributed by atoms with Crippen molar-refractivity contribution < 1.29 is 9.21 Å². The van der Waals surface area contributed by atoms with Gasteiger partial charge in [0.05, 0.1) is 6.54 Å². The lowest BCUT2D eigenvalue weighted by atomic mass is 10.1. The smallest absolute Gasteiger partial charge is 0.266 e. The summed E-state index contributed by atoms with van der Waals surface area (Å²) in [6.45, 7) is 2.06. The number of pyridine rings is 1. The number of carbonyl (C=O) groups is 1. The molecule has 22 heavy (non-hydrogen) atoms. The minimum absolute atomic E-state index is 0.171. The number of hydrogen-bond acceptors (Lipinski definition) is 5. The molecule has 2 heterocycles. The van der Waals surface area contributed by atoms with E-state index in [0.29, 0.717) is 23.0 Å². The van der Waals surface area contributed by atoms with Crippen LogP contribution in [-0.4, -0.2) is 21.1 Å². The van der Waals surface area contributed by atoms with Crippen LogP contribution in [0.2, 0.25) is 0 Å². The van der Waals surface area contributed by atoms with Crippen molar-refractivity contribution in [2.75, 3.05) is 0 Å². The van der Waals surface area contributed by atoms with Gasteiger partial charge in [-0.25, -0.2) is 0 Å². The summed E-state index contributed by atoms with van der Waals surface area (Å²) in [5.41, 5.74) is 2.15. The fraction of sp³-hybridized carbons (Fsp3) is 0.125. The molecule has 3 aromatic rings. The second-order valence-corrected chi connectivity index (χ2v) is 4.71. The Morgan fingerprint density at radius 2 is 1.95 bits per heavy atom. The Morgan fingerprint density at radius 3 is 2.73 bits per heavy atom. The van der Waals surface area contributed by atoms with E-state index in [4.69, 9.17) is 4.42 Å². The minimum atomic E-state index is -0.171. The highest BCUT2D eigenvalue weighted by atomic mass is 16.4. The van der Waals surface area contributed by atoms with Gasteiger partial charge in [-0.3, -0.25) is 9.78 Å². The molecule has 0 fully saturated rings. The Morgan fingerprint density at radius 1 is 1.14 bits per heavy atom. The number of rotatable bonds is 4. The van der Waals surface area contributed by atoms with Crippen molar-refractivity contribution in [2.45, 2.75) is 13.5 Å². The quantitative estimate of drug-likeness (QED) is 0.799. The average Bonchev–Trinajstić information content (AvgIpc) is 3.03. The van der Waals surface area contributed by atoms with Crippen LogP contribution in [0.25, 0.3) is 11.6 Å². The lowest BCUT2D eigenvalue weighted by molar-refractivity contribution is 0.0946. The minimum Gasteiger partial charge on any atom is -0.417 e. The van der Waals surface area contributed by atoms with Crippen LogP contribution >= 0.6 is 0 Å². The van der Waals surface area contributed by atoms with Crippen molar-refractivity contribution in [1.29, 1.82) is 0 Å². The molecule has 0 spiro atoms. The molecular weight excluding hydrogens is 280 g/mol. The topological polar surface area (TPSA) is 80.9 Å². The lowest BCUT2D eigenvalue weighted by Crippen LogP contribution is -2.23. The van der Waals surface area contributed by atoms with Crippen molar-refractivity contribution in [1.82, 2.24) is 20.5 Å². The SMILES string of the molecule is Cc1ccccc1C(=O)NCc1nnc(-c2ccccn2)o1. The third-order valence-electron chi connectivity index (χ3n) is 3.14. The van der Waals surface area contributed by atoms with Crippen molar-refractivity contribution >= 4 is 5.91 Å². The van der Waals surface area contributed by atoms with Gasteiger partial charge in [0.1, 0.15) is 5.69 Å². The summed E-state index contributed by atoms with van der Waals surface area (Å²) in [7, 11) is 0. The maximum absolute atomic E-state index is 12.1. The number of aromatic nitrogens is 3. The summed E-state index contributed by atoms with van der Waals surface area (Å²) in [4.78, 5) is 16.2. The molecule has 0 aliphatic heterocycles. The predicted molar refractivity (Wildman–Crippen MR) is 79.9 cm³/mol. The van der Waals surface area contributed by atoms with E-state index >= 15 is 0 Å². The molecular formula is C16H14N4O2. The van der Waals surface area contributed by atoms with E-state index in [1.807, 2.05) is 37.3 Å². The largest absolute Gasteiger partial charge is 0.417 e. The molecule has 0 bridgehead atoms. The fourth-order valence-corrected chi connectivity index (χ4v) is 2.00. The second-order valence-electron chi connectivity index (χ2n) is 4.71. The first-order chi connectivity index (χ1) is 10.7. The monoisotopic (exact) mass is 294 g/mol. The van der Waals surface area contributed by atoms with Crippen molar-refractivity contribution in [3.63, 3.8) is 0 Å². The van der Waals surface area contributed by atoms with Gasteiger partial charge in [0.2, 0.25) is 5.89 Å². The first kappa shape index (κ1) is 13.9. The van der Waals surface area contributed by atoms with E-state index in [1.54, 1.807) is 18.3 Å². The van der Waals surface area contributed by atoms with E-state index in [0.717, 1.165) is 5.56 Å². The third-order valence-corrected chi connectivity index (χ3v) is 3.14. The van der Waals surface area contributed by atoms with Crippen LogP contribution in [0.15, 0.2) is 53.1 Å². The molecule has 1 N–H and O–H groups in total. The van der Waals surface area contributed by atoms with Crippen molar-refractivity contribution in [3.05, 3.63) is 65.7 Å². The molecule has 0 radical (unpaired) electrons. The number of hydrogen-bond donors (Lipinski definition) is 1. The van der Waals surface area contributed by atoms with E-state index in [2.05, 4.69) is 20.5 Å². The molecule has 2 aromatic heterocycles. The molecule has 6 heteroatoms. The molecule has 3 rings (SSSR count). The number of nitrogens with zero attached hydrogens (tertiary/aromatic N) is 3. The molecule has 0 saturated carbocycles. The summed E-state index contributed by atoms with van der Waals surface area (Å²) in [5, 5.41) is 10.6. The Balaban J connectivity index is 1.67. The van der Waals surface area contributed by atoms with E-state index in [9.17, 15) is 4.79 Å². The maximum Gasteiger partial charge on any atom is 0.266 e. The zero-order valence-electron chi connectivity index (χ0n) is 12.0. The summed E-state index contributed by atoms with van der Waals surface area (Å²) in [5.74, 6) is 0.499. The number of nitrogens with one attached hydrogen (secondary N) is 1. The first-order valence-electron chi connectivity index (χ1n) is 6.81. The fourth-order valence-electron chi connectivity index (χ4n) is 2.00. The van der Waals surface area contributed by atoms with E-state index < -0.39 is 0 Å². The molecule has 0 saturated heterocycles. The van der Waals surface area contributed by atoms with Gasteiger partial charge in [-0.05, 0) is 30.7 Å². The van der Waals surface area contributed by atoms with Crippen LogP contribution in [0.5, 0.6) is 0 Å². The van der Waals surface area contributed by atoms with Gasteiger partial charge >= 0.3 is 0 Å². The number of aryl methyl sites for hydroxylation is 1. The Kier molecular flexibility index (Phi) is 3.91. The summed E-state index contributed by atoms with van der Waals surface area (Å²) < 4.78 is 5.49. The summed E-state index contributed by atoms with van der Waals surface area (Å²) in [6.07, 6.45) is 1.65. The van der Waals surface area contributed by atoms with Gasteiger partial charge in [-0.15, -0.1) is 10.2 Å². The number of benzene rings is 1. The van der Waals surface area contributed by atoms with Crippen LogP contribution < -0.4 is 5.32 Å². The van der Waals surface area contributed by atoms with Crippen molar-refractivity contribution in [3.8, 4) is 11.6 Å². The molecule has 110 valence electrons. The average molecular weight is 294 g/mol. The van der Waals surface area contributed by atoms with E-state index in [-0.39, 0.29) is 12.5 Å². The van der Waals surface area contributed by atoms with Crippen LogP contribution in [0, 0.1) is 6.92 Å². The maximum atomic E-state index is 12.1. The van der Waals surface area contributed by atoms with Gasteiger partial charge < -0.3 is 9.73 Å². The highest BCUT2D eigenvalue weighted by Gasteiger charge is 2.12. The van der Waals surface area contributed by atoms with Gasteiger partial charge in [0.15, 0.2) is 0 Å². The molecule has 0 aliphatic carbocycles. The molecule has 6 nitrogen and oxygen atoms in total. The normalized spacial score (nSPS) is 10.4. The predicted octanol–water partition coefficient (Wildman–Crippen LogP) is 2.37. The van der Waals surface area contributed by atoms with Crippen molar-refractivity contribution in [2.24, 2.45) is 0 Å².